The highest BCUT2D eigenvalue weighted by molar-refractivity contribution is 5.80. The number of nitrogens with one attached hydrogen (secondary N) is 1. The Balaban J connectivity index is 2.09. The van der Waals surface area contributed by atoms with E-state index in [9.17, 15) is 20.0 Å². The number of non-ortho nitro benzene ring substituents is 1. The first-order valence-corrected chi connectivity index (χ1v) is 6.54. The first-order valence-electron chi connectivity index (χ1n) is 6.54. The molecule has 2 heterocycles. The molecule has 0 unspecified atom stereocenters. The number of aliphatic hydroxyl groups is 1. The van der Waals surface area contributed by atoms with Crippen molar-refractivity contribution in [3.8, 4) is 0 Å². The zero-order valence-corrected chi connectivity index (χ0v) is 11.6. The van der Waals surface area contributed by atoms with Crippen molar-refractivity contribution in [1.29, 1.82) is 0 Å². The van der Waals surface area contributed by atoms with Gasteiger partial charge in [0, 0.05) is 36.2 Å². The fourth-order valence-electron chi connectivity index (χ4n) is 2.04. The minimum Gasteiger partial charge on any atom is -0.507 e. The average Bonchev–Trinajstić information content (AvgIpc) is 2.55. The molecule has 3 aromatic rings. The van der Waals surface area contributed by atoms with E-state index in [1.54, 1.807) is 12.1 Å². The number of nitro benzene ring substituents is 1. The molecule has 2 N–H and O–H groups in total. The fraction of sp³-hybridized carbons (Fsp3) is 0. The number of H-pyrrole nitrogens is 1. The van der Waals surface area contributed by atoms with Gasteiger partial charge in [0.05, 0.1) is 16.0 Å². The molecule has 23 heavy (non-hydrogen) atoms. The molecule has 8 heteroatoms. The summed E-state index contributed by atoms with van der Waals surface area (Å²) in [4.78, 5) is 32.7. The Kier molecular flexibility index (Phi) is 3.55. The zero-order valence-electron chi connectivity index (χ0n) is 11.6. The number of rotatable bonds is 3. The van der Waals surface area contributed by atoms with Crippen LogP contribution in [-0.4, -0.2) is 25.0 Å². The third-order valence-corrected chi connectivity index (χ3v) is 3.16. The summed E-state index contributed by atoms with van der Waals surface area (Å²) in [5, 5.41) is 20.8. The zero-order chi connectivity index (χ0) is 16.4. The van der Waals surface area contributed by atoms with E-state index < -0.39 is 10.5 Å². The summed E-state index contributed by atoms with van der Waals surface area (Å²) in [5.41, 5.74) is 0.427. The summed E-state index contributed by atoms with van der Waals surface area (Å²) < 4.78 is 0. The number of nitrogens with zero attached hydrogens (tertiary/aromatic N) is 3. The third-order valence-electron chi connectivity index (χ3n) is 3.16. The SMILES string of the molecule is O=c1[nH]c2cc([N+](=O)[O-])ccc2nc1/C=C(\O)c1ccncc1. The van der Waals surface area contributed by atoms with E-state index in [0.29, 0.717) is 11.1 Å². The second-order valence-electron chi connectivity index (χ2n) is 4.68. The van der Waals surface area contributed by atoms with Gasteiger partial charge in [0.1, 0.15) is 11.5 Å². The van der Waals surface area contributed by atoms with Gasteiger partial charge in [-0.15, -0.1) is 0 Å². The maximum atomic E-state index is 12.0. The Labute approximate surface area is 128 Å². The van der Waals surface area contributed by atoms with Crippen LogP contribution in [0.1, 0.15) is 11.3 Å². The number of aliphatic hydroxyl groups excluding tert-OH is 1. The monoisotopic (exact) mass is 310 g/mol. The van der Waals surface area contributed by atoms with Crippen molar-refractivity contribution in [2.75, 3.05) is 0 Å². The van der Waals surface area contributed by atoms with Crippen molar-refractivity contribution >= 4 is 28.6 Å². The average molecular weight is 310 g/mol. The second-order valence-corrected chi connectivity index (χ2v) is 4.68. The van der Waals surface area contributed by atoms with Crippen molar-refractivity contribution in [1.82, 2.24) is 15.0 Å². The van der Waals surface area contributed by atoms with Crippen molar-refractivity contribution < 1.29 is 10.0 Å². The Morgan fingerprint density at radius 2 is 2.00 bits per heavy atom. The van der Waals surface area contributed by atoms with Gasteiger partial charge in [-0.25, -0.2) is 4.98 Å². The normalized spacial score (nSPS) is 11.6. The molecule has 3 rings (SSSR count). The van der Waals surface area contributed by atoms with E-state index in [-0.39, 0.29) is 22.7 Å². The molecule has 0 radical (unpaired) electrons. The van der Waals surface area contributed by atoms with E-state index in [1.807, 2.05) is 0 Å². The Morgan fingerprint density at radius 3 is 2.70 bits per heavy atom. The highest BCUT2D eigenvalue weighted by atomic mass is 16.6. The van der Waals surface area contributed by atoms with E-state index in [1.165, 1.54) is 36.7 Å². The highest BCUT2D eigenvalue weighted by Gasteiger charge is 2.10. The summed E-state index contributed by atoms with van der Waals surface area (Å²) in [6.45, 7) is 0. The molecule has 114 valence electrons. The lowest BCUT2D eigenvalue weighted by molar-refractivity contribution is -0.384. The van der Waals surface area contributed by atoms with Crippen LogP contribution in [0, 0.1) is 10.1 Å². The standard InChI is InChI=1S/C15H10N4O4/c20-14(9-3-5-16-6-4-9)8-13-15(21)18-12-7-10(19(22)23)1-2-11(12)17-13/h1-8,20H,(H,18,21)/b14-8-. The summed E-state index contributed by atoms with van der Waals surface area (Å²) in [5.74, 6) is -0.133. The van der Waals surface area contributed by atoms with Gasteiger partial charge < -0.3 is 10.1 Å². The highest BCUT2D eigenvalue weighted by Crippen LogP contribution is 2.18. The van der Waals surface area contributed by atoms with Gasteiger partial charge in [-0.1, -0.05) is 0 Å². The second kappa shape index (κ2) is 5.68. The molecule has 0 bridgehead atoms. The largest absolute Gasteiger partial charge is 0.507 e. The van der Waals surface area contributed by atoms with Gasteiger partial charge in [-0.05, 0) is 18.2 Å². The smallest absolute Gasteiger partial charge is 0.274 e. The third kappa shape index (κ3) is 2.91. The molecule has 0 aliphatic heterocycles. The number of hydrogen-bond acceptors (Lipinski definition) is 6. The van der Waals surface area contributed by atoms with Gasteiger partial charge in [0.25, 0.3) is 11.2 Å². The molecule has 0 spiro atoms. The molecular formula is C15H10N4O4. The molecule has 0 amide bonds. The van der Waals surface area contributed by atoms with Gasteiger partial charge in [0.2, 0.25) is 0 Å². The number of aromatic nitrogens is 3. The first kappa shape index (κ1) is 14.4. The maximum absolute atomic E-state index is 12.0. The first-order chi connectivity index (χ1) is 11.0. The quantitative estimate of drug-likeness (QED) is 0.435. The number of nitro groups is 1. The predicted octanol–water partition coefficient (Wildman–Crippen LogP) is 2.28. The molecule has 0 saturated carbocycles. The number of pyridine rings is 1. The van der Waals surface area contributed by atoms with Gasteiger partial charge in [-0.2, -0.15) is 0 Å². The molecule has 8 nitrogen and oxygen atoms in total. The van der Waals surface area contributed by atoms with Crippen LogP contribution in [0.2, 0.25) is 0 Å². The summed E-state index contributed by atoms with van der Waals surface area (Å²) in [6.07, 6.45) is 4.25. The van der Waals surface area contributed by atoms with Crippen LogP contribution < -0.4 is 5.56 Å². The van der Waals surface area contributed by atoms with E-state index >= 15 is 0 Å². The van der Waals surface area contributed by atoms with Crippen molar-refractivity contribution in [2.45, 2.75) is 0 Å². The Bertz CT molecular complexity index is 980. The number of aromatic amines is 1. The summed E-state index contributed by atoms with van der Waals surface area (Å²) in [6, 6.07) is 7.14. The predicted molar refractivity (Wildman–Crippen MR) is 83.8 cm³/mol. The van der Waals surface area contributed by atoms with Crippen LogP contribution in [0.25, 0.3) is 22.9 Å². The van der Waals surface area contributed by atoms with Crippen LogP contribution in [-0.2, 0) is 0 Å². The van der Waals surface area contributed by atoms with Crippen molar-refractivity contribution in [3.63, 3.8) is 0 Å². The van der Waals surface area contributed by atoms with E-state index in [0.717, 1.165) is 0 Å². The molecule has 2 aromatic heterocycles. The minimum atomic E-state index is -0.557. The minimum absolute atomic E-state index is 0.000616. The molecule has 0 aliphatic carbocycles. The molecular weight excluding hydrogens is 300 g/mol. The Morgan fingerprint density at radius 1 is 1.26 bits per heavy atom. The van der Waals surface area contributed by atoms with Gasteiger partial charge >= 0.3 is 0 Å². The van der Waals surface area contributed by atoms with Crippen LogP contribution in [0.4, 0.5) is 5.69 Å². The lowest BCUT2D eigenvalue weighted by atomic mass is 10.2. The van der Waals surface area contributed by atoms with E-state index in [4.69, 9.17) is 0 Å². The summed E-state index contributed by atoms with van der Waals surface area (Å²) >= 11 is 0. The topological polar surface area (TPSA) is 122 Å². The van der Waals surface area contributed by atoms with Crippen LogP contribution in [0.5, 0.6) is 0 Å². The van der Waals surface area contributed by atoms with E-state index in [2.05, 4.69) is 15.0 Å². The number of benzene rings is 1. The fourth-order valence-corrected chi connectivity index (χ4v) is 2.04. The van der Waals surface area contributed by atoms with Crippen molar-refractivity contribution in [2.24, 2.45) is 0 Å². The molecule has 0 saturated heterocycles. The lowest BCUT2D eigenvalue weighted by Crippen LogP contribution is -2.12. The maximum Gasteiger partial charge on any atom is 0.274 e. The molecule has 0 aliphatic rings. The van der Waals surface area contributed by atoms with Crippen LogP contribution in [0.3, 0.4) is 0 Å². The Hall–Kier alpha value is -3.55. The number of fused-ring (bicyclic) bond motifs is 1. The van der Waals surface area contributed by atoms with Gasteiger partial charge in [-0.3, -0.25) is 19.9 Å². The van der Waals surface area contributed by atoms with Crippen LogP contribution in [0.15, 0.2) is 47.5 Å². The lowest BCUT2D eigenvalue weighted by Gasteiger charge is -2.01. The van der Waals surface area contributed by atoms with Crippen molar-refractivity contribution in [3.05, 3.63) is 74.5 Å². The molecule has 0 fully saturated rings. The molecule has 1 aromatic carbocycles. The molecule has 0 atom stereocenters. The van der Waals surface area contributed by atoms with Gasteiger partial charge in [0.15, 0.2) is 0 Å². The number of hydrogen-bond donors (Lipinski definition) is 2. The van der Waals surface area contributed by atoms with Crippen LogP contribution >= 0.6 is 0 Å². The summed E-state index contributed by atoms with van der Waals surface area (Å²) in [7, 11) is 0.